The predicted octanol–water partition coefficient (Wildman–Crippen LogP) is 4.48. The summed E-state index contributed by atoms with van der Waals surface area (Å²) in [5.74, 6) is -0.720. The van der Waals surface area contributed by atoms with Crippen molar-refractivity contribution < 1.29 is 24.2 Å². The molecule has 0 saturated heterocycles. The number of carbonyl (C=O) groups is 2. The van der Waals surface area contributed by atoms with Crippen LogP contribution in [0, 0.1) is 16.7 Å². The molecule has 3 aliphatic carbocycles. The minimum absolute atomic E-state index is 0.106. The molecule has 0 aromatic carbocycles. The van der Waals surface area contributed by atoms with Crippen molar-refractivity contribution in [2.75, 3.05) is 0 Å². The number of hydrogen-bond donors (Lipinski definition) is 1. The van der Waals surface area contributed by atoms with E-state index < -0.39 is 34.7 Å². The Bertz CT molecular complexity index is 752. The lowest BCUT2D eigenvalue weighted by atomic mass is 9.55. The molecule has 2 unspecified atom stereocenters. The molecule has 0 amide bonds. The zero-order chi connectivity index (χ0) is 21.8. The predicted molar refractivity (Wildman–Crippen MR) is 111 cm³/mol. The molecular weight excluding hydrogens is 368 g/mol. The molecule has 0 aromatic rings. The molecular formula is C24H36O5. The first kappa shape index (κ1) is 22.1. The maximum Gasteiger partial charge on any atom is 0.333 e. The summed E-state index contributed by atoms with van der Waals surface area (Å²) in [6.07, 6.45) is 4.40. The van der Waals surface area contributed by atoms with Gasteiger partial charge >= 0.3 is 11.9 Å². The van der Waals surface area contributed by atoms with Crippen LogP contribution in [-0.2, 0) is 19.1 Å². The van der Waals surface area contributed by atoms with E-state index in [4.69, 9.17) is 9.47 Å². The molecule has 0 radical (unpaired) electrons. The Balaban J connectivity index is 2.13. The van der Waals surface area contributed by atoms with Gasteiger partial charge in [0.15, 0.2) is 5.60 Å². The summed E-state index contributed by atoms with van der Waals surface area (Å²) in [6, 6.07) is 0. The molecule has 29 heavy (non-hydrogen) atoms. The molecule has 0 aliphatic heterocycles. The van der Waals surface area contributed by atoms with Gasteiger partial charge in [0.25, 0.3) is 0 Å². The zero-order valence-corrected chi connectivity index (χ0v) is 18.6. The van der Waals surface area contributed by atoms with Crippen molar-refractivity contribution >= 4 is 11.9 Å². The molecule has 0 spiro atoms. The monoisotopic (exact) mass is 404 g/mol. The van der Waals surface area contributed by atoms with Gasteiger partial charge in [-0.05, 0) is 70.1 Å². The summed E-state index contributed by atoms with van der Waals surface area (Å²) in [5, 5.41) is 12.4. The maximum absolute atomic E-state index is 12.8. The fourth-order valence-electron chi connectivity index (χ4n) is 6.34. The van der Waals surface area contributed by atoms with Crippen molar-refractivity contribution in [3.05, 3.63) is 24.3 Å². The molecule has 162 valence electrons. The van der Waals surface area contributed by atoms with Crippen LogP contribution in [0.2, 0.25) is 0 Å². The van der Waals surface area contributed by atoms with Gasteiger partial charge < -0.3 is 14.6 Å². The van der Waals surface area contributed by atoms with Crippen LogP contribution in [0.1, 0.15) is 79.6 Å². The second-order valence-electron chi connectivity index (χ2n) is 10.3. The van der Waals surface area contributed by atoms with E-state index in [9.17, 15) is 14.7 Å². The number of ether oxygens (including phenoxy) is 2. The van der Waals surface area contributed by atoms with Gasteiger partial charge in [-0.25, -0.2) is 9.59 Å². The van der Waals surface area contributed by atoms with Gasteiger partial charge in [0.1, 0.15) is 11.7 Å². The molecule has 3 aliphatic rings. The van der Waals surface area contributed by atoms with Crippen molar-refractivity contribution in [3.8, 4) is 0 Å². The average molecular weight is 405 g/mol. The van der Waals surface area contributed by atoms with E-state index in [1.54, 1.807) is 13.8 Å². The van der Waals surface area contributed by atoms with E-state index >= 15 is 0 Å². The van der Waals surface area contributed by atoms with Crippen molar-refractivity contribution in [3.63, 3.8) is 0 Å². The van der Waals surface area contributed by atoms with E-state index in [2.05, 4.69) is 33.9 Å². The van der Waals surface area contributed by atoms with E-state index in [1.807, 2.05) is 0 Å². The molecule has 5 atom stereocenters. The molecule has 3 rings (SSSR count). The van der Waals surface area contributed by atoms with Crippen LogP contribution in [-0.4, -0.2) is 34.4 Å². The Morgan fingerprint density at radius 3 is 2.07 bits per heavy atom. The molecule has 0 heterocycles. The Hall–Kier alpha value is -1.62. The third-order valence-corrected chi connectivity index (χ3v) is 8.60. The Kier molecular flexibility index (Phi) is 5.30. The van der Waals surface area contributed by atoms with E-state index in [1.165, 1.54) is 0 Å². The summed E-state index contributed by atoms with van der Waals surface area (Å²) < 4.78 is 12.0. The molecule has 3 saturated carbocycles. The second kappa shape index (κ2) is 6.97. The summed E-state index contributed by atoms with van der Waals surface area (Å²) in [4.78, 5) is 25.2. The highest BCUT2D eigenvalue weighted by Crippen LogP contribution is 2.73. The first-order chi connectivity index (χ1) is 13.3. The number of hydrogen-bond acceptors (Lipinski definition) is 5. The second-order valence-corrected chi connectivity index (χ2v) is 10.3. The highest BCUT2D eigenvalue weighted by molar-refractivity contribution is 5.88. The fraction of sp³-hybridized carbons (Fsp3) is 0.750. The number of esters is 2. The van der Waals surface area contributed by atoms with Crippen LogP contribution in [0.3, 0.4) is 0 Å². The normalized spacial score (nSPS) is 40.3. The van der Waals surface area contributed by atoms with Crippen LogP contribution >= 0.6 is 0 Å². The van der Waals surface area contributed by atoms with E-state index in [0.29, 0.717) is 30.8 Å². The van der Waals surface area contributed by atoms with E-state index in [-0.39, 0.29) is 11.0 Å². The lowest BCUT2D eigenvalue weighted by Gasteiger charge is -2.58. The van der Waals surface area contributed by atoms with Gasteiger partial charge in [-0.3, -0.25) is 0 Å². The number of rotatable bonds is 5. The fourth-order valence-corrected chi connectivity index (χ4v) is 6.34. The minimum Gasteiger partial charge on any atom is -0.455 e. The highest BCUT2D eigenvalue weighted by atomic mass is 16.6. The smallest absolute Gasteiger partial charge is 0.333 e. The van der Waals surface area contributed by atoms with Crippen LogP contribution in [0.15, 0.2) is 24.3 Å². The Morgan fingerprint density at radius 2 is 1.59 bits per heavy atom. The molecule has 2 bridgehead atoms. The molecule has 3 fully saturated rings. The molecule has 5 nitrogen and oxygen atoms in total. The van der Waals surface area contributed by atoms with E-state index in [0.717, 1.165) is 25.7 Å². The third-order valence-electron chi connectivity index (χ3n) is 8.60. The number of fused-ring (bicyclic) bond motifs is 2. The first-order valence-corrected chi connectivity index (χ1v) is 10.8. The van der Waals surface area contributed by atoms with Gasteiger partial charge in [-0.2, -0.15) is 0 Å². The van der Waals surface area contributed by atoms with Gasteiger partial charge in [0.05, 0.1) is 0 Å². The van der Waals surface area contributed by atoms with Gasteiger partial charge in [-0.15, -0.1) is 0 Å². The summed E-state index contributed by atoms with van der Waals surface area (Å²) >= 11 is 0. The number of carbonyl (C=O) groups excluding carboxylic acids is 2. The quantitative estimate of drug-likeness (QED) is 0.540. The highest BCUT2D eigenvalue weighted by Gasteiger charge is 2.77. The topological polar surface area (TPSA) is 72.8 Å². The van der Waals surface area contributed by atoms with Gasteiger partial charge in [0, 0.05) is 16.6 Å². The van der Waals surface area contributed by atoms with Gasteiger partial charge in [-0.1, -0.05) is 33.9 Å². The largest absolute Gasteiger partial charge is 0.455 e. The van der Waals surface area contributed by atoms with Crippen LogP contribution in [0.25, 0.3) is 0 Å². The molecule has 1 N–H and O–H groups in total. The Labute approximate surface area is 174 Å². The molecule has 0 aromatic heterocycles. The lowest BCUT2D eigenvalue weighted by molar-refractivity contribution is -0.274. The van der Waals surface area contributed by atoms with Crippen molar-refractivity contribution in [1.82, 2.24) is 0 Å². The summed E-state index contributed by atoms with van der Waals surface area (Å²) in [6.45, 7) is 17.1. The Morgan fingerprint density at radius 1 is 0.966 bits per heavy atom. The maximum atomic E-state index is 12.8. The van der Waals surface area contributed by atoms with Crippen molar-refractivity contribution in [1.29, 1.82) is 0 Å². The lowest BCUT2D eigenvalue weighted by Crippen LogP contribution is -2.70. The summed E-state index contributed by atoms with van der Waals surface area (Å²) in [5.41, 5.74) is -2.56. The SMILES string of the molecule is C=C(C)C(=O)OC1CCCCC1(OC(=O)C(=C)C)[C@@]1(O)C[C@H]2CC[C@]1(C)C2(C)C. The van der Waals surface area contributed by atoms with Crippen molar-refractivity contribution in [2.45, 2.75) is 96.9 Å². The van der Waals surface area contributed by atoms with Gasteiger partial charge in [0.2, 0.25) is 0 Å². The third kappa shape index (κ3) is 2.91. The first-order valence-electron chi connectivity index (χ1n) is 10.8. The molecule has 5 heteroatoms. The number of aliphatic hydroxyl groups is 1. The average Bonchev–Trinajstić information content (AvgIpc) is 2.95. The van der Waals surface area contributed by atoms with Crippen LogP contribution in [0.4, 0.5) is 0 Å². The zero-order valence-electron chi connectivity index (χ0n) is 18.6. The minimum atomic E-state index is -1.28. The van der Waals surface area contributed by atoms with Crippen LogP contribution in [0.5, 0.6) is 0 Å². The standard InChI is InChI=1S/C24H36O5/c1-15(2)19(25)28-18-10-8-9-12-23(18,29-20(26)16(3)4)24(27)14-17-11-13-22(24,7)21(17,5)6/h17-18,27H,1,3,8-14H2,2,4-7H3/t17-,18?,22-,23?,24-/m1/s1. The van der Waals surface area contributed by atoms with Crippen LogP contribution < -0.4 is 0 Å². The summed E-state index contributed by atoms with van der Waals surface area (Å²) in [7, 11) is 0. The van der Waals surface area contributed by atoms with Crippen molar-refractivity contribution in [2.24, 2.45) is 16.7 Å².